The smallest absolute Gasteiger partial charge is 0.292 e. The third-order valence-electron chi connectivity index (χ3n) is 3.96. The van der Waals surface area contributed by atoms with E-state index in [1.807, 2.05) is 30.3 Å². The number of para-hydroxylation sites is 1. The zero-order chi connectivity index (χ0) is 19.3. The van der Waals surface area contributed by atoms with E-state index >= 15 is 0 Å². The normalized spacial score (nSPS) is 10.7. The third kappa shape index (κ3) is 4.36. The number of benzene rings is 1. The summed E-state index contributed by atoms with van der Waals surface area (Å²) in [6, 6.07) is 9.42. The van der Waals surface area contributed by atoms with Crippen LogP contribution in [0.15, 0.2) is 30.3 Å². The van der Waals surface area contributed by atoms with E-state index in [1.165, 1.54) is 0 Å². The van der Waals surface area contributed by atoms with E-state index in [-0.39, 0.29) is 24.9 Å². The molecule has 1 aromatic carbocycles. The van der Waals surface area contributed by atoms with Gasteiger partial charge >= 0.3 is 0 Å². The highest BCUT2D eigenvalue weighted by Crippen LogP contribution is 2.18. The molecule has 0 bridgehead atoms. The molecular weight excluding hydrogens is 332 g/mol. The molecule has 138 valence electrons. The van der Waals surface area contributed by atoms with Crippen molar-refractivity contribution in [3.8, 4) is 5.69 Å². The maximum absolute atomic E-state index is 12.5. The van der Waals surface area contributed by atoms with Crippen LogP contribution in [0.1, 0.15) is 35.6 Å². The number of Topliss-reactive ketones (excluding diaryl/α,β-unsaturated/α-hetero) is 1. The van der Waals surface area contributed by atoms with Crippen molar-refractivity contribution in [3.05, 3.63) is 47.3 Å². The summed E-state index contributed by atoms with van der Waals surface area (Å²) in [5.74, 6) is -1.55. The summed E-state index contributed by atoms with van der Waals surface area (Å²) in [6.07, 6.45) is 0. The highest BCUT2D eigenvalue weighted by atomic mass is 16.2. The minimum Gasteiger partial charge on any atom is -0.354 e. The molecule has 0 aliphatic rings. The number of ketones is 1. The van der Waals surface area contributed by atoms with E-state index in [1.54, 1.807) is 32.4 Å². The third-order valence-corrected chi connectivity index (χ3v) is 3.96. The number of carbonyl (C=O) groups is 3. The van der Waals surface area contributed by atoms with Crippen molar-refractivity contribution in [2.24, 2.45) is 5.92 Å². The summed E-state index contributed by atoms with van der Waals surface area (Å²) in [6.45, 7) is 7.50. The van der Waals surface area contributed by atoms with Crippen molar-refractivity contribution >= 4 is 17.6 Å². The number of rotatable bonds is 7. The number of amides is 2. The van der Waals surface area contributed by atoms with Gasteiger partial charge in [-0.1, -0.05) is 32.0 Å². The molecule has 0 spiro atoms. The molecule has 1 aromatic heterocycles. The van der Waals surface area contributed by atoms with Crippen LogP contribution in [-0.2, 0) is 9.59 Å². The summed E-state index contributed by atoms with van der Waals surface area (Å²) in [5, 5.41) is 9.60. The first-order chi connectivity index (χ1) is 12.3. The lowest BCUT2D eigenvalue weighted by Gasteiger charge is -2.08. The predicted octanol–water partition coefficient (Wildman–Crippen LogP) is 1.56. The number of carbonyl (C=O) groups excluding carboxylic acids is 3. The van der Waals surface area contributed by atoms with E-state index < -0.39 is 11.7 Å². The molecule has 26 heavy (non-hydrogen) atoms. The Morgan fingerprint density at radius 2 is 1.65 bits per heavy atom. The van der Waals surface area contributed by atoms with E-state index in [0.717, 1.165) is 5.69 Å². The Labute approximate surface area is 152 Å². The van der Waals surface area contributed by atoms with Crippen LogP contribution < -0.4 is 10.6 Å². The number of hydrogen-bond acceptors (Lipinski definition) is 4. The van der Waals surface area contributed by atoms with Crippen molar-refractivity contribution in [2.45, 2.75) is 27.7 Å². The Hall–Kier alpha value is -2.96. The SMILES string of the molecule is Cc1nn(-c2ccccc2)c(C)c1C(=O)C(=O)NCCNC(=O)C(C)C. The Morgan fingerprint density at radius 1 is 1.04 bits per heavy atom. The maximum Gasteiger partial charge on any atom is 0.292 e. The number of nitrogens with zero attached hydrogens (tertiary/aromatic N) is 2. The summed E-state index contributed by atoms with van der Waals surface area (Å²) in [7, 11) is 0. The van der Waals surface area contributed by atoms with E-state index in [4.69, 9.17) is 0 Å². The molecule has 7 nitrogen and oxygen atoms in total. The van der Waals surface area contributed by atoms with Crippen LogP contribution in [0.3, 0.4) is 0 Å². The molecule has 2 rings (SSSR count). The fourth-order valence-electron chi connectivity index (χ4n) is 2.55. The van der Waals surface area contributed by atoms with Crippen LogP contribution in [0.5, 0.6) is 0 Å². The quantitative estimate of drug-likeness (QED) is 0.447. The summed E-state index contributed by atoms with van der Waals surface area (Å²) in [5.41, 5.74) is 2.24. The van der Waals surface area contributed by atoms with Gasteiger partial charge in [-0.05, 0) is 26.0 Å². The minimum atomic E-state index is -0.706. The lowest BCUT2D eigenvalue weighted by molar-refractivity contribution is -0.124. The Kier molecular flexibility index (Phi) is 6.27. The highest BCUT2D eigenvalue weighted by Gasteiger charge is 2.24. The van der Waals surface area contributed by atoms with Crippen LogP contribution in [-0.4, -0.2) is 40.5 Å². The molecule has 0 saturated carbocycles. The minimum absolute atomic E-state index is 0.0959. The Morgan fingerprint density at radius 3 is 2.27 bits per heavy atom. The van der Waals surface area contributed by atoms with Crippen LogP contribution in [0.4, 0.5) is 0 Å². The summed E-state index contributed by atoms with van der Waals surface area (Å²) >= 11 is 0. The largest absolute Gasteiger partial charge is 0.354 e. The van der Waals surface area contributed by atoms with Crippen molar-refractivity contribution in [1.29, 1.82) is 0 Å². The molecule has 0 radical (unpaired) electrons. The average molecular weight is 356 g/mol. The molecule has 2 aromatic rings. The number of aromatic nitrogens is 2. The van der Waals surface area contributed by atoms with Crippen LogP contribution in [0, 0.1) is 19.8 Å². The van der Waals surface area contributed by atoms with Gasteiger partial charge in [-0.25, -0.2) is 4.68 Å². The zero-order valence-electron chi connectivity index (χ0n) is 15.5. The number of aryl methyl sites for hydroxylation is 1. The molecule has 2 N–H and O–H groups in total. The summed E-state index contributed by atoms with van der Waals surface area (Å²) < 4.78 is 1.65. The molecule has 7 heteroatoms. The van der Waals surface area contributed by atoms with E-state index in [0.29, 0.717) is 17.0 Å². The molecule has 0 atom stereocenters. The van der Waals surface area contributed by atoms with Crippen molar-refractivity contribution in [1.82, 2.24) is 20.4 Å². The van der Waals surface area contributed by atoms with Crippen molar-refractivity contribution in [2.75, 3.05) is 13.1 Å². The monoisotopic (exact) mass is 356 g/mol. The zero-order valence-corrected chi connectivity index (χ0v) is 15.5. The van der Waals surface area contributed by atoms with Gasteiger partial charge in [0.05, 0.1) is 22.6 Å². The second-order valence-electron chi connectivity index (χ2n) is 6.32. The molecule has 0 saturated heterocycles. The molecule has 0 aliphatic heterocycles. The molecule has 0 unspecified atom stereocenters. The van der Waals surface area contributed by atoms with Crippen LogP contribution in [0.2, 0.25) is 0 Å². The number of nitrogens with one attached hydrogen (secondary N) is 2. The van der Waals surface area contributed by atoms with Crippen molar-refractivity contribution in [3.63, 3.8) is 0 Å². The summed E-state index contributed by atoms with van der Waals surface area (Å²) in [4.78, 5) is 36.1. The van der Waals surface area contributed by atoms with Gasteiger partial charge in [-0.15, -0.1) is 0 Å². The molecule has 2 amide bonds. The van der Waals surface area contributed by atoms with Gasteiger partial charge in [-0.2, -0.15) is 5.10 Å². The van der Waals surface area contributed by atoms with Gasteiger partial charge in [0, 0.05) is 19.0 Å². The van der Waals surface area contributed by atoms with Gasteiger partial charge in [0.25, 0.3) is 11.7 Å². The fourth-order valence-corrected chi connectivity index (χ4v) is 2.55. The van der Waals surface area contributed by atoms with Gasteiger partial charge < -0.3 is 10.6 Å². The molecule has 1 heterocycles. The lowest BCUT2D eigenvalue weighted by Crippen LogP contribution is -2.39. The van der Waals surface area contributed by atoms with Crippen LogP contribution >= 0.6 is 0 Å². The molecule has 0 aliphatic carbocycles. The van der Waals surface area contributed by atoms with Gasteiger partial charge in [0.1, 0.15) is 0 Å². The topological polar surface area (TPSA) is 93.1 Å². The molecular formula is C19H24N4O3. The second-order valence-corrected chi connectivity index (χ2v) is 6.32. The van der Waals surface area contributed by atoms with E-state index in [2.05, 4.69) is 15.7 Å². The van der Waals surface area contributed by atoms with Crippen LogP contribution in [0.25, 0.3) is 5.69 Å². The number of hydrogen-bond donors (Lipinski definition) is 2. The Balaban J connectivity index is 2.04. The van der Waals surface area contributed by atoms with Gasteiger partial charge in [0.2, 0.25) is 5.91 Å². The van der Waals surface area contributed by atoms with Gasteiger partial charge in [0.15, 0.2) is 0 Å². The highest BCUT2D eigenvalue weighted by molar-refractivity contribution is 6.43. The fraction of sp³-hybridized carbons (Fsp3) is 0.368. The molecule has 0 fully saturated rings. The lowest BCUT2D eigenvalue weighted by atomic mass is 10.1. The predicted molar refractivity (Wildman–Crippen MR) is 98.2 cm³/mol. The average Bonchev–Trinajstić information content (AvgIpc) is 2.92. The first-order valence-corrected chi connectivity index (χ1v) is 8.54. The second kappa shape index (κ2) is 8.42. The Bertz CT molecular complexity index is 810. The first-order valence-electron chi connectivity index (χ1n) is 8.54. The maximum atomic E-state index is 12.5. The first kappa shape index (κ1) is 19.4. The standard InChI is InChI=1S/C19H24N4O3/c1-12(2)18(25)20-10-11-21-19(26)17(24)16-13(3)22-23(14(16)4)15-8-6-5-7-9-15/h5-9,12H,10-11H2,1-4H3,(H,20,25)(H,21,26). The van der Waals surface area contributed by atoms with Gasteiger partial charge in [-0.3, -0.25) is 14.4 Å². The van der Waals surface area contributed by atoms with Crippen molar-refractivity contribution < 1.29 is 14.4 Å². The van der Waals surface area contributed by atoms with E-state index in [9.17, 15) is 14.4 Å².